The van der Waals surface area contributed by atoms with Crippen LogP contribution in [0.1, 0.15) is 112 Å². The number of nitrogens with two attached hydrogens (primary N) is 2. The van der Waals surface area contributed by atoms with Gasteiger partial charge in [0.25, 0.3) is 0 Å². The SMILES string of the molecule is N#Cc1cc(N)c(N)cc1C#N.[C-]#[N+]/C(C#N)=C1\N=c2ccc(-c3nc(C(C#N)C(=O)OCC)nc(C(C#N)C(=O)OCC)n3)c(C#N)c2=N1.[C-]#[N+]/C(C#N)=C1\N=c2ccc(-c3nc(C(C#N)c4nc5cc(C#N)c(C#N)cc5[nH]4)nc(C([N+]#[C-])c4nc5cc(C#N)c([N+]#[C-])cc5[nH]4)n3)c(C#N)c2=N1. The minimum Gasteiger partial charge on any atom is -0.465 e. The number of ether oxygens (including phenoxy) is 2. The highest BCUT2D eigenvalue weighted by Crippen LogP contribution is 2.33. The number of aromatic nitrogens is 10. The number of anilines is 2. The lowest BCUT2D eigenvalue weighted by atomic mass is 10.1. The largest absolute Gasteiger partial charge is 0.465 e. The van der Waals surface area contributed by atoms with Gasteiger partial charge in [-0.05, 0) is 74.5 Å². The number of aromatic amines is 2. The van der Waals surface area contributed by atoms with E-state index in [0.29, 0.717) is 27.9 Å². The van der Waals surface area contributed by atoms with Gasteiger partial charge in [0.2, 0.25) is 23.3 Å². The zero-order valence-electron chi connectivity index (χ0n) is 52.8. The molecule has 4 atom stereocenters. The number of H-pyrrole nitrogens is 2. The van der Waals surface area contributed by atoms with Crippen molar-refractivity contribution in [3.8, 4) is 95.6 Å². The summed E-state index contributed by atoms with van der Waals surface area (Å²) < 4.78 is 9.83. The molecule has 104 heavy (non-hydrogen) atoms. The van der Waals surface area contributed by atoms with Gasteiger partial charge in [0.15, 0.2) is 52.5 Å². The number of rotatable bonds is 12. The summed E-state index contributed by atoms with van der Waals surface area (Å²) in [6, 6.07) is 35.4. The summed E-state index contributed by atoms with van der Waals surface area (Å²) in [4.78, 5) is 95.8. The van der Waals surface area contributed by atoms with Crippen molar-refractivity contribution >= 4 is 51.1 Å². The molecule has 0 fully saturated rings. The minimum atomic E-state index is -1.64. The van der Waals surface area contributed by atoms with Crippen LogP contribution in [0.2, 0.25) is 0 Å². The highest BCUT2D eigenvalue weighted by atomic mass is 16.5. The third-order valence-electron chi connectivity index (χ3n) is 14.4. The van der Waals surface area contributed by atoms with Crippen LogP contribution in [-0.2, 0) is 19.1 Å². The summed E-state index contributed by atoms with van der Waals surface area (Å²) in [6.07, 6.45) is 0. The number of benzene rings is 5. The van der Waals surface area contributed by atoms with Gasteiger partial charge in [0.1, 0.15) is 53.0 Å². The molecule has 0 amide bonds. The molecule has 5 aromatic carbocycles. The molecule has 36 heteroatoms. The van der Waals surface area contributed by atoms with Crippen molar-refractivity contribution in [3.63, 3.8) is 0 Å². The average molecular weight is 1360 g/mol. The van der Waals surface area contributed by atoms with E-state index in [1.54, 1.807) is 24.3 Å². The minimum absolute atomic E-state index is 0.0318. The first kappa shape index (κ1) is 70.4. The molecular weight excluding hydrogens is 1330 g/mol. The molecule has 36 nitrogen and oxygen atoms in total. The van der Waals surface area contributed by atoms with E-state index in [4.69, 9.17) is 63.0 Å². The third kappa shape index (κ3) is 13.7. The van der Waals surface area contributed by atoms with Gasteiger partial charge in [-0.3, -0.25) is 14.4 Å². The van der Waals surface area contributed by atoms with Crippen LogP contribution in [0, 0.1) is 162 Å². The van der Waals surface area contributed by atoms with Crippen molar-refractivity contribution in [1.29, 1.82) is 63.1 Å². The van der Waals surface area contributed by atoms with Gasteiger partial charge in [-0.1, -0.05) is 0 Å². The number of allylic oxidation sites excluding steroid dienone is 2. The summed E-state index contributed by atoms with van der Waals surface area (Å²) >= 11 is 0. The van der Waals surface area contributed by atoms with Gasteiger partial charge in [-0.15, -0.1) is 0 Å². The molecule has 2 aliphatic heterocycles. The smallest absolute Gasteiger partial charge is 0.338 e. The van der Waals surface area contributed by atoms with Gasteiger partial charge in [-0.25, -0.2) is 91.5 Å². The first-order chi connectivity index (χ1) is 50.3. The number of carbonyl (C=O) groups excluding carboxylic acids is 2. The van der Waals surface area contributed by atoms with Crippen molar-refractivity contribution < 1.29 is 19.1 Å². The maximum atomic E-state index is 12.4. The fourth-order valence-electron chi connectivity index (χ4n) is 9.65. The van der Waals surface area contributed by atoms with Crippen LogP contribution in [0.25, 0.3) is 64.2 Å². The van der Waals surface area contributed by atoms with E-state index in [9.17, 15) is 56.9 Å². The highest BCUT2D eigenvalue weighted by Gasteiger charge is 2.35. The molecule has 9 aromatic rings. The number of hydrogen-bond acceptors (Lipinski definition) is 30. The fourth-order valence-corrected chi connectivity index (χ4v) is 9.65. The first-order valence-electron chi connectivity index (χ1n) is 29.0. The molecule has 0 radical (unpaired) electrons. The van der Waals surface area contributed by atoms with E-state index in [1.807, 2.05) is 36.4 Å². The Hall–Kier alpha value is -17.9. The molecule has 4 unspecified atom stereocenters. The normalized spacial score (nSPS) is 12.8. The van der Waals surface area contributed by atoms with Crippen molar-refractivity contribution in [1.82, 2.24) is 49.8 Å². The summed E-state index contributed by atoms with van der Waals surface area (Å²) in [5.74, 6) is -8.47. The van der Waals surface area contributed by atoms with Gasteiger partial charge in [0.05, 0.1) is 152 Å². The van der Waals surface area contributed by atoms with E-state index >= 15 is 0 Å². The molecule has 11 rings (SSSR count). The molecule has 4 aromatic heterocycles. The zero-order chi connectivity index (χ0) is 75.1. The maximum absolute atomic E-state index is 12.4. The summed E-state index contributed by atoms with van der Waals surface area (Å²) in [7, 11) is 0. The zero-order valence-corrected chi connectivity index (χ0v) is 52.8. The van der Waals surface area contributed by atoms with Crippen LogP contribution < -0.4 is 32.9 Å². The molecule has 2 aliphatic rings. The number of imidazole rings is 2. The standard InChI is InChI=1S/C36H10N18.C24H14N10O4.C8H6N4/c1-43-23-9-27-26(8-18(23)12-39)49-35(50-27)30(45-3)36-53-31(19-4-5-22-29(20(19)13-40)51-34(46-22)28(15-42)44-2)52-33(54-36)21(14-41)32-47-24-6-16(10-37)17(11-38)7-25(24)48-32;1-4-37-23(35)14(9-26)20-32-19(33-21(34-20)15(10-27)24(36)38-5-2)12-6-7-16-18(13(12)8-25)31-22(30-16)17(11-28)29-3;9-3-5-1-7(11)8(12)2-6(5)4-10/h4-9,21,30H,(H,47,48)(H,49,50);6-7,14-15H,4-5H2,1-2H3;1-2H,11-12H2/b34-28+;22-17+;. The van der Waals surface area contributed by atoms with E-state index in [2.05, 4.69) is 101 Å². The number of nitriles is 12. The van der Waals surface area contributed by atoms with Crippen LogP contribution in [0.4, 0.5) is 17.1 Å². The molecule has 0 saturated carbocycles. The summed E-state index contributed by atoms with van der Waals surface area (Å²) in [5, 5.41) is 115. The topological polar surface area (TPSA) is 592 Å². The Bertz CT molecular complexity index is 6010. The number of nitrogens with zero attached hydrogens (tertiary/aromatic N) is 28. The Labute approximate surface area is 583 Å². The molecular formula is C68H30N32O4. The van der Waals surface area contributed by atoms with Crippen LogP contribution in [-0.4, -0.2) is 75.0 Å². The second kappa shape index (κ2) is 30.7. The van der Waals surface area contributed by atoms with E-state index in [0.717, 1.165) is 0 Å². The van der Waals surface area contributed by atoms with Crippen molar-refractivity contribution in [2.45, 2.75) is 37.6 Å². The fraction of sp³-hybridized carbons (Fsp3) is 0.118. The van der Waals surface area contributed by atoms with Crippen LogP contribution in [0.5, 0.6) is 0 Å². The molecule has 0 bridgehead atoms. The molecule has 0 saturated heterocycles. The number of fused-ring (bicyclic) bond motifs is 4. The first-order valence-corrected chi connectivity index (χ1v) is 29.0. The highest BCUT2D eigenvalue weighted by molar-refractivity contribution is 5.85. The third-order valence-corrected chi connectivity index (χ3v) is 14.4. The van der Waals surface area contributed by atoms with Crippen molar-refractivity contribution in [2.75, 3.05) is 24.7 Å². The number of nitrogens with one attached hydrogen (secondary N) is 2. The van der Waals surface area contributed by atoms with E-state index < -0.39 is 47.4 Å². The van der Waals surface area contributed by atoms with Crippen LogP contribution in [0.3, 0.4) is 0 Å². The molecule has 0 aliphatic carbocycles. The second-order valence-electron chi connectivity index (χ2n) is 20.4. The van der Waals surface area contributed by atoms with Gasteiger partial charge in [0, 0.05) is 11.1 Å². The van der Waals surface area contributed by atoms with Gasteiger partial charge in [-0.2, -0.15) is 52.6 Å². The van der Waals surface area contributed by atoms with Crippen LogP contribution >= 0.6 is 0 Å². The Morgan fingerprint density at radius 3 is 1.34 bits per heavy atom. The number of carbonyl (C=O) groups is 2. The Balaban J connectivity index is 0.000000217. The quantitative estimate of drug-likeness (QED) is 0.0537. The second-order valence-corrected chi connectivity index (χ2v) is 20.4. The van der Waals surface area contributed by atoms with E-state index in [1.165, 1.54) is 74.5 Å². The predicted molar refractivity (Wildman–Crippen MR) is 346 cm³/mol. The number of nitrogen functional groups attached to an aromatic ring is 2. The Morgan fingerprint density at radius 2 is 0.913 bits per heavy atom. The Morgan fingerprint density at radius 1 is 0.490 bits per heavy atom. The molecule has 6 heterocycles. The van der Waals surface area contributed by atoms with Gasteiger partial charge >= 0.3 is 29.4 Å². The predicted octanol–water partition coefficient (Wildman–Crippen LogP) is 5.07. The van der Waals surface area contributed by atoms with Crippen molar-refractivity contribution in [2.24, 2.45) is 20.0 Å². The van der Waals surface area contributed by atoms with E-state index in [-0.39, 0.29) is 154 Å². The lowest BCUT2D eigenvalue weighted by Gasteiger charge is -2.13. The molecule has 6 N–H and O–H groups in total. The average Bonchev–Trinajstić information content (AvgIpc) is 1.71. The summed E-state index contributed by atoms with van der Waals surface area (Å²) in [5.41, 5.74) is 12.8. The number of esters is 2. The monoisotopic (exact) mass is 1360 g/mol. The maximum Gasteiger partial charge on any atom is 0.338 e. The molecule has 0 spiro atoms. The van der Waals surface area contributed by atoms with Crippen LogP contribution in [0.15, 0.2) is 104 Å². The van der Waals surface area contributed by atoms with Crippen molar-refractivity contribution in [3.05, 3.63) is 225 Å². The lowest BCUT2D eigenvalue weighted by molar-refractivity contribution is -0.144. The lowest BCUT2D eigenvalue weighted by Crippen LogP contribution is -2.26. The molecule has 486 valence electrons. The van der Waals surface area contributed by atoms with Gasteiger partial charge < -0.3 is 30.9 Å². The number of hydrogen-bond donors (Lipinski definition) is 4. The Kier molecular flexibility index (Phi) is 20.8. The summed E-state index contributed by atoms with van der Waals surface area (Å²) in [6.45, 7) is 33.0.